The van der Waals surface area contributed by atoms with Gasteiger partial charge in [-0.1, -0.05) is 11.6 Å². The molecular formula is C12H13ClN2O4S2. The van der Waals surface area contributed by atoms with Gasteiger partial charge in [0.25, 0.3) is 10.0 Å². The van der Waals surface area contributed by atoms with Crippen LogP contribution in [0.3, 0.4) is 0 Å². The van der Waals surface area contributed by atoms with Crippen molar-refractivity contribution >= 4 is 33.2 Å². The standard InChI is InChI=1S/C12H13ClN2O4S2/c1-18-10-4-3-9(13)5-8(10)7-14-21(16,17)12-6-11(19-2)15-20-12/h3-6,14H,7H2,1-2H3. The summed E-state index contributed by atoms with van der Waals surface area (Å²) in [6.45, 7) is 0.0618. The van der Waals surface area contributed by atoms with Crippen LogP contribution in [0.5, 0.6) is 11.6 Å². The van der Waals surface area contributed by atoms with Gasteiger partial charge in [0.2, 0.25) is 5.88 Å². The number of sulfonamides is 1. The monoisotopic (exact) mass is 348 g/mol. The van der Waals surface area contributed by atoms with Gasteiger partial charge in [-0.2, -0.15) is 4.37 Å². The van der Waals surface area contributed by atoms with Crippen molar-refractivity contribution in [3.63, 3.8) is 0 Å². The topological polar surface area (TPSA) is 77.5 Å². The number of rotatable bonds is 6. The van der Waals surface area contributed by atoms with Gasteiger partial charge in [0.05, 0.1) is 14.2 Å². The summed E-state index contributed by atoms with van der Waals surface area (Å²) in [5, 5.41) is 0.504. The van der Waals surface area contributed by atoms with Gasteiger partial charge in [0.15, 0.2) is 4.21 Å². The molecule has 0 bridgehead atoms. The number of ether oxygens (including phenoxy) is 2. The summed E-state index contributed by atoms with van der Waals surface area (Å²) >= 11 is 6.75. The van der Waals surface area contributed by atoms with Gasteiger partial charge in [0, 0.05) is 23.2 Å². The van der Waals surface area contributed by atoms with E-state index in [1.165, 1.54) is 20.3 Å². The van der Waals surface area contributed by atoms with E-state index in [1.54, 1.807) is 18.2 Å². The largest absolute Gasteiger partial charge is 0.496 e. The number of hydrogen-bond donors (Lipinski definition) is 1. The molecule has 0 atom stereocenters. The highest BCUT2D eigenvalue weighted by Crippen LogP contribution is 2.24. The molecule has 0 fully saturated rings. The molecule has 0 radical (unpaired) electrons. The lowest BCUT2D eigenvalue weighted by molar-refractivity contribution is 0.402. The molecule has 0 spiro atoms. The fourth-order valence-electron chi connectivity index (χ4n) is 1.60. The first-order valence-electron chi connectivity index (χ1n) is 5.79. The molecule has 1 aromatic heterocycles. The summed E-state index contributed by atoms with van der Waals surface area (Å²) in [7, 11) is -0.723. The Kier molecular flexibility index (Phi) is 5.04. The molecule has 1 N–H and O–H groups in total. The smallest absolute Gasteiger partial charge is 0.252 e. The second-order valence-corrected chi connectivity index (χ2v) is 7.20. The van der Waals surface area contributed by atoms with E-state index in [4.69, 9.17) is 21.1 Å². The second kappa shape index (κ2) is 6.61. The third kappa shape index (κ3) is 3.85. The highest BCUT2D eigenvalue weighted by Gasteiger charge is 2.19. The first-order valence-corrected chi connectivity index (χ1v) is 8.42. The summed E-state index contributed by atoms with van der Waals surface area (Å²) < 4.78 is 40.8. The summed E-state index contributed by atoms with van der Waals surface area (Å²) in [5.74, 6) is 0.824. The van der Waals surface area contributed by atoms with E-state index in [2.05, 4.69) is 9.10 Å². The summed E-state index contributed by atoms with van der Waals surface area (Å²) in [4.78, 5) is 0. The summed E-state index contributed by atoms with van der Waals surface area (Å²) in [6.07, 6.45) is 0. The van der Waals surface area contributed by atoms with Crippen LogP contribution in [-0.4, -0.2) is 27.0 Å². The van der Waals surface area contributed by atoms with E-state index in [-0.39, 0.29) is 16.6 Å². The van der Waals surface area contributed by atoms with Crippen molar-refractivity contribution in [3.05, 3.63) is 34.9 Å². The first kappa shape index (κ1) is 16.0. The lowest BCUT2D eigenvalue weighted by Crippen LogP contribution is -2.22. The molecule has 0 unspecified atom stereocenters. The first-order chi connectivity index (χ1) is 9.96. The maximum Gasteiger partial charge on any atom is 0.252 e. The maximum absolute atomic E-state index is 12.1. The zero-order chi connectivity index (χ0) is 15.5. The lowest BCUT2D eigenvalue weighted by Gasteiger charge is -2.09. The Morgan fingerprint density at radius 3 is 2.67 bits per heavy atom. The van der Waals surface area contributed by atoms with Gasteiger partial charge in [-0.25, -0.2) is 13.1 Å². The second-order valence-electron chi connectivity index (χ2n) is 3.97. The van der Waals surface area contributed by atoms with E-state index in [1.807, 2.05) is 0 Å². The van der Waals surface area contributed by atoms with Crippen molar-refractivity contribution in [1.82, 2.24) is 9.10 Å². The van der Waals surface area contributed by atoms with E-state index in [9.17, 15) is 8.42 Å². The van der Waals surface area contributed by atoms with Crippen LogP contribution < -0.4 is 14.2 Å². The minimum absolute atomic E-state index is 0.0618. The number of benzene rings is 1. The van der Waals surface area contributed by atoms with Crippen LogP contribution in [-0.2, 0) is 16.6 Å². The SMILES string of the molecule is COc1cc(S(=O)(=O)NCc2cc(Cl)ccc2OC)sn1. The van der Waals surface area contributed by atoms with Gasteiger partial charge in [-0.15, -0.1) is 0 Å². The van der Waals surface area contributed by atoms with Gasteiger partial charge in [-0.3, -0.25) is 0 Å². The van der Waals surface area contributed by atoms with Gasteiger partial charge >= 0.3 is 0 Å². The van der Waals surface area contributed by atoms with Gasteiger partial charge in [-0.05, 0) is 29.7 Å². The Labute approximate surface area is 131 Å². The molecule has 0 aliphatic carbocycles. The number of nitrogens with zero attached hydrogens (tertiary/aromatic N) is 1. The Morgan fingerprint density at radius 2 is 2.05 bits per heavy atom. The van der Waals surface area contributed by atoms with Crippen molar-refractivity contribution in [3.8, 4) is 11.6 Å². The number of methoxy groups -OCH3 is 2. The van der Waals surface area contributed by atoms with Crippen LogP contribution >= 0.6 is 23.1 Å². The van der Waals surface area contributed by atoms with Crippen molar-refractivity contribution in [2.24, 2.45) is 0 Å². The molecule has 0 saturated carbocycles. The highest BCUT2D eigenvalue weighted by molar-refractivity contribution is 7.91. The molecular weight excluding hydrogens is 336 g/mol. The summed E-state index contributed by atoms with van der Waals surface area (Å²) in [5.41, 5.74) is 0.644. The molecule has 114 valence electrons. The summed E-state index contributed by atoms with van der Waals surface area (Å²) in [6, 6.07) is 6.37. The number of halogens is 1. The van der Waals surface area contributed by atoms with Crippen molar-refractivity contribution < 1.29 is 17.9 Å². The van der Waals surface area contributed by atoms with Gasteiger partial charge in [0.1, 0.15) is 5.75 Å². The van der Waals surface area contributed by atoms with E-state index < -0.39 is 10.0 Å². The Hall–Kier alpha value is -1.35. The minimum Gasteiger partial charge on any atom is -0.496 e. The third-order valence-corrected chi connectivity index (χ3v) is 5.49. The number of hydrogen-bond acceptors (Lipinski definition) is 6. The Bertz CT molecular complexity index is 731. The van der Waals surface area contributed by atoms with Crippen LogP contribution in [0.15, 0.2) is 28.5 Å². The normalized spacial score (nSPS) is 11.4. The highest BCUT2D eigenvalue weighted by atomic mass is 35.5. The van der Waals surface area contributed by atoms with Crippen LogP contribution in [0.25, 0.3) is 0 Å². The van der Waals surface area contributed by atoms with Gasteiger partial charge < -0.3 is 9.47 Å². The van der Waals surface area contributed by atoms with Crippen LogP contribution in [0, 0.1) is 0 Å². The molecule has 0 amide bonds. The predicted molar refractivity (Wildman–Crippen MR) is 80.7 cm³/mol. The van der Waals surface area contributed by atoms with E-state index in [0.717, 1.165) is 11.5 Å². The molecule has 1 heterocycles. The molecule has 9 heteroatoms. The number of aromatic nitrogens is 1. The zero-order valence-electron chi connectivity index (χ0n) is 11.3. The average Bonchev–Trinajstić information content (AvgIpc) is 2.95. The quantitative estimate of drug-likeness (QED) is 0.866. The molecule has 2 aromatic rings. The average molecular weight is 349 g/mol. The Morgan fingerprint density at radius 1 is 1.29 bits per heavy atom. The fourth-order valence-corrected chi connectivity index (χ4v) is 3.68. The minimum atomic E-state index is -3.66. The molecule has 21 heavy (non-hydrogen) atoms. The van der Waals surface area contributed by atoms with Crippen molar-refractivity contribution in [2.75, 3.05) is 14.2 Å². The predicted octanol–water partition coefficient (Wildman–Crippen LogP) is 2.29. The van der Waals surface area contributed by atoms with Crippen molar-refractivity contribution in [2.45, 2.75) is 10.8 Å². The van der Waals surface area contributed by atoms with E-state index >= 15 is 0 Å². The van der Waals surface area contributed by atoms with E-state index in [0.29, 0.717) is 16.3 Å². The van der Waals surface area contributed by atoms with Crippen LogP contribution in [0.4, 0.5) is 0 Å². The molecule has 6 nitrogen and oxygen atoms in total. The molecule has 0 aliphatic heterocycles. The van der Waals surface area contributed by atoms with Crippen LogP contribution in [0.2, 0.25) is 5.02 Å². The maximum atomic E-state index is 12.1. The van der Waals surface area contributed by atoms with Crippen LogP contribution in [0.1, 0.15) is 5.56 Å². The zero-order valence-corrected chi connectivity index (χ0v) is 13.7. The molecule has 2 rings (SSSR count). The molecule has 1 aromatic carbocycles. The Balaban J connectivity index is 2.17. The molecule has 0 saturated heterocycles. The number of nitrogens with one attached hydrogen (secondary N) is 1. The molecule has 0 aliphatic rings. The third-order valence-electron chi connectivity index (χ3n) is 2.64. The fraction of sp³-hybridized carbons (Fsp3) is 0.250. The van der Waals surface area contributed by atoms with Crippen molar-refractivity contribution in [1.29, 1.82) is 0 Å². The lowest BCUT2D eigenvalue weighted by atomic mass is 10.2.